The van der Waals surface area contributed by atoms with E-state index in [1.807, 2.05) is 30.3 Å². The maximum atomic E-state index is 13.3. The van der Waals surface area contributed by atoms with E-state index in [1.165, 1.54) is 0 Å². The summed E-state index contributed by atoms with van der Waals surface area (Å²) >= 11 is 6.17. The summed E-state index contributed by atoms with van der Waals surface area (Å²) < 4.78 is 5.12. The molecule has 31 heavy (non-hydrogen) atoms. The molecule has 1 atom stereocenters. The van der Waals surface area contributed by atoms with Gasteiger partial charge in [-0.3, -0.25) is 9.59 Å². The van der Waals surface area contributed by atoms with Crippen LogP contribution in [0.25, 0.3) is 0 Å². The van der Waals surface area contributed by atoms with Crippen LogP contribution in [0.1, 0.15) is 27.9 Å². The van der Waals surface area contributed by atoms with Crippen molar-refractivity contribution in [3.05, 3.63) is 94.5 Å². The number of ether oxygens (including phenoxy) is 1. The number of carbonyl (C=O) groups excluding carboxylic acids is 2. The monoisotopic (exact) mass is 435 g/mol. The lowest BCUT2D eigenvalue weighted by Crippen LogP contribution is -2.42. The Kier molecular flexibility index (Phi) is 5.81. The molecule has 1 aliphatic heterocycles. The number of rotatable bonds is 7. The number of hydrogen-bond acceptors (Lipinski definition) is 4. The van der Waals surface area contributed by atoms with Crippen molar-refractivity contribution in [2.45, 2.75) is 18.4 Å². The van der Waals surface area contributed by atoms with Gasteiger partial charge in [0.1, 0.15) is 5.75 Å². The van der Waals surface area contributed by atoms with Crippen LogP contribution in [0.2, 0.25) is 5.02 Å². The maximum Gasteiger partial charge on any atom is 0.264 e. The van der Waals surface area contributed by atoms with E-state index in [0.717, 1.165) is 5.56 Å². The first kappa shape index (κ1) is 21.1. The van der Waals surface area contributed by atoms with Gasteiger partial charge in [0.25, 0.3) is 5.91 Å². The van der Waals surface area contributed by atoms with Crippen molar-refractivity contribution in [3.8, 4) is 5.75 Å². The van der Waals surface area contributed by atoms with Crippen LogP contribution >= 0.6 is 11.6 Å². The molecule has 6 heteroatoms. The van der Waals surface area contributed by atoms with Gasteiger partial charge in [0.05, 0.1) is 19.2 Å². The highest BCUT2D eigenvalue weighted by molar-refractivity contribution is 6.31. The maximum absolute atomic E-state index is 13.3. The minimum atomic E-state index is -1.96. The Morgan fingerprint density at radius 2 is 1.77 bits per heavy atom. The Labute approximate surface area is 185 Å². The number of fused-ring (bicyclic) bond motifs is 1. The SMILES string of the molecule is COc1ccc(C(=O)C[C@]2(O)C(=O)N(CCc3ccccc3)c3ccc(Cl)cc32)cc1. The third-order valence-corrected chi connectivity index (χ3v) is 5.82. The largest absolute Gasteiger partial charge is 0.497 e. The highest BCUT2D eigenvalue weighted by Crippen LogP contribution is 2.44. The molecule has 0 saturated heterocycles. The summed E-state index contributed by atoms with van der Waals surface area (Å²) in [6, 6.07) is 21.4. The van der Waals surface area contributed by atoms with Crippen molar-refractivity contribution in [2.24, 2.45) is 0 Å². The van der Waals surface area contributed by atoms with Gasteiger partial charge in [-0.2, -0.15) is 0 Å². The highest BCUT2D eigenvalue weighted by atomic mass is 35.5. The van der Waals surface area contributed by atoms with E-state index in [2.05, 4.69) is 0 Å². The third-order valence-electron chi connectivity index (χ3n) is 5.59. The zero-order valence-electron chi connectivity index (χ0n) is 17.0. The fraction of sp³-hybridized carbons (Fsp3) is 0.200. The summed E-state index contributed by atoms with van der Waals surface area (Å²) in [7, 11) is 1.54. The molecule has 4 rings (SSSR count). The van der Waals surface area contributed by atoms with Crippen LogP contribution in [0.3, 0.4) is 0 Å². The number of methoxy groups -OCH3 is 1. The first-order chi connectivity index (χ1) is 14.9. The van der Waals surface area contributed by atoms with Gasteiger partial charge in [-0.15, -0.1) is 0 Å². The van der Waals surface area contributed by atoms with E-state index in [1.54, 1.807) is 54.5 Å². The first-order valence-electron chi connectivity index (χ1n) is 9.98. The second-order valence-electron chi connectivity index (χ2n) is 7.54. The molecule has 0 saturated carbocycles. The minimum absolute atomic E-state index is 0.339. The summed E-state index contributed by atoms with van der Waals surface area (Å²) in [4.78, 5) is 27.8. The average Bonchev–Trinajstić information content (AvgIpc) is 2.99. The number of nitrogens with zero attached hydrogens (tertiary/aromatic N) is 1. The molecule has 3 aromatic rings. The van der Waals surface area contributed by atoms with Gasteiger partial charge >= 0.3 is 0 Å². The van der Waals surface area contributed by atoms with E-state index in [4.69, 9.17) is 16.3 Å². The van der Waals surface area contributed by atoms with Gasteiger partial charge in [-0.25, -0.2) is 0 Å². The number of anilines is 1. The summed E-state index contributed by atoms with van der Waals surface area (Å²) in [5.41, 5.74) is 0.452. The smallest absolute Gasteiger partial charge is 0.264 e. The molecule has 0 bridgehead atoms. The molecule has 1 N–H and O–H groups in total. The van der Waals surface area contributed by atoms with E-state index in [-0.39, 0.29) is 12.2 Å². The molecule has 3 aromatic carbocycles. The van der Waals surface area contributed by atoms with Crippen molar-refractivity contribution in [3.63, 3.8) is 0 Å². The van der Waals surface area contributed by atoms with Crippen LogP contribution in [0.4, 0.5) is 5.69 Å². The van der Waals surface area contributed by atoms with Crippen LogP contribution in [0.5, 0.6) is 5.75 Å². The van der Waals surface area contributed by atoms with Gasteiger partial charge in [-0.05, 0) is 54.4 Å². The second-order valence-corrected chi connectivity index (χ2v) is 7.98. The zero-order valence-corrected chi connectivity index (χ0v) is 17.8. The molecule has 1 amide bonds. The Hall–Kier alpha value is -3.15. The lowest BCUT2D eigenvalue weighted by Gasteiger charge is -2.23. The number of halogens is 1. The molecule has 0 radical (unpaired) electrons. The average molecular weight is 436 g/mol. The van der Waals surface area contributed by atoms with Crippen LogP contribution in [-0.2, 0) is 16.8 Å². The predicted molar refractivity (Wildman–Crippen MR) is 120 cm³/mol. The van der Waals surface area contributed by atoms with Crippen LogP contribution < -0.4 is 9.64 Å². The van der Waals surface area contributed by atoms with E-state index < -0.39 is 11.5 Å². The molecule has 0 fully saturated rings. The molecular weight excluding hydrogens is 414 g/mol. The Morgan fingerprint density at radius 3 is 2.45 bits per heavy atom. The van der Waals surface area contributed by atoms with Gasteiger partial charge in [0, 0.05) is 22.7 Å². The van der Waals surface area contributed by atoms with Crippen molar-refractivity contribution < 1.29 is 19.4 Å². The number of carbonyl (C=O) groups is 2. The number of Topliss-reactive ketones (excluding diaryl/α,β-unsaturated/α-hetero) is 1. The minimum Gasteiger partial charge on any atom is -0.497 e. The number of ketones is 1. The topological polar surface area (TPSA) is 66.8 Å². The summed E-state index contributed by atoms with van der Waals surface area (Å²) in [5.74, 6) is -0.228. The lowest BCUT2D eigenvalue weighted by molar-refractivity contribution is -0.135. The van der Waals surface area contributed by atoms with Crippen LogP contribution in [0.15, 0.2) is 72.8 Å². The third kappa shape index (κ3) is 4.07. The first-order valence-corrected chi connectivity index (χ1v) is 10.4. The standard InChI is InChI=1S/C25H22ClNO4/c1-31-20-10-7-18(8-11-20)23(28)16-25(30)21-15-19(26)9-12-22(21)27(24(25)29)14-13-17-5-3-2-4-6-17/h2-12,15,30H,13-14,16H2,1H3/t25-/m1/s1. The Morgan fingerprint density at radius 1 is 1.06 bits per heavy atom. The van der Waals surface area contributed by atoms with Gasteiger partial charge < -0.3 is 14.7 Å². The fourth-order valence-corrected chi connectivity index (χ4v) is 4.08. The van der Waals surface area contributed by atoms with Crippen LogP contribution in [0, 0.1) is 0 Å². The Balaban J connectivity index is 1.62. The number of hydrogen-bond donors (Lipinski definition) is 1. The molecular formula is C25H22ClNO4. The number of amides is 1. The predicted octanol–water partition coefficient (Wildman–Crippen LogP) is 4.40. The van der Waals surface area contributed by atoms with Crippen molar-refractivity contribution in [1.82, 2.24) is 0 Å². The van der Waals surface area contributed by atoms with Crippen molar-refractivity contribution >= 4 is 29.0 Å². The summed E-state index contributed by atoms with van der Waals surface area (Å²) in [5, 5.41) is 11.8. The van der Waals surface area contributed by atoms with Gasteiger partial charge in [-0.1, -0.05) is 41.9 Å². The fourth-order valence-electron chi connectivity index (χ4n) is 3.91. The quantitative estimate of drug-likeness (QED) is 0.558. The normalized spacial score (nSPS) is 17.5. The molecule has 0 unspecified atom stereocenters. The molecule has 0 aliphatic carbocycles. The molecule has 5 nitrogen and oxygen atoms in total. The summed E-state index contributed by atoms with van der Waals surface area (Å²) in [6.45, 7) is 0.385. The highest BCUT2D eigenvalue weighted by Gasteiger charge is 2.50. The molecule has 158 valence electrons. The number of benzene rings is 3. The zero-order chi connectivity index (χ0) is 22.0. The van der Waals surface area contributed by atoms with E-state index in [0.29, 0.717) is 40.6 Å². The number of aliphatic hydroxyl groups is 1. The second kappa shape index (κ2) is 8.53. The molecule has 0 aromatic heterocycles. The molecule has 0 spiro atoms. The summed E-state index contributed by atoms with van der Waals surface area (Å²) in [6.07, 6.45) is 0.254. The Bertz CT molecular complexity index is 1110. The molecule has 1 heterocycles. The van der Waals surface area contributed by atoms with Gasteiger partial charge in [0.2, 0.25) is 0 Å². The lowest BCUT2D eigenvalue weighted by atomic mass is 9.88. The van der Waals surface area contributed by atoms with E-state index >= 15 is 0 Å². The van der Waals surface area contributed by atoms with E-state index in [9.17, 15) is 14.7 Å². The molecule has 1 aliphatic rings. The van der Waals surface area contributed by atoms with Gasteiger partial charge in [0.15, 0.2) is 11.4 Å². The van der Waals surface area contributed by atoms with Crippen LogP contribution in [-0.4, -0.2) is 30.5 Å². The van der Waals surface area contributed by atoms with Crippen molar-refractivity contribution in [1.29, 1.82) is 0 Å². The van der Waals surface area contributed by atoms with Crippen molar-refractivity contribution in [2.75, 3.05) is 18.6 Å².